The molecule has 112 valence electrons. The van der Waals surface area contributed by atoms with Crippen molar-refractivity contribution in [2.45, 2.75) is 19.0 Å². The molecule has 0 saturated carbocycles. The number of amides is 1. The van der Waals surface area contributed by atoms with Gasteiger partial charge in [0.25, 0.3) is 5.91 Å². The minimum atomic E-state index is -4.81. The molecule has 0 aliphatic carbocycles. The quantitative estimate of drug-likeness (QED) is 0.641. The number of nitrogens with one attached hydrogen (secondary N) is 1. The van der Waals surface area contributed by atoms with E-state index in [2.05, 4.69) is 5.32 Å². The molecule has 1 rings (SSSR count). The molecule has 0 saturated heterocycles. The van der Waals surface area contributed by atoms with Gasteiger partial charge in [0, 0.05) is 12.1 Å². The summed E-state index contributed by atoms with van der Waals surface area (Å²) in [7, 11) is 0. The van der Waals surface area contributed by atoms with E-state index in [-0.39, 0.29) is 5.56 Å². The fourth-order valence-electron chi connectivity index (χ4n) is 1.56. The number of halogens is 4. The maximum atomic E-state index is 13.1. The topological polar surface area (TPSA) is 29.1 Å². The van der Waals surface area contributed by atoms with Crippen LogP contribution in [-0.4, -0.2) is 24.5 Å². The zero-order chi connectivity index (χ0) is 15.2. The Balaban J connectivity index is 2.65. The van der Waals surface area contributed by atoms with Gasteiger partial charge in [-0.2, -0.15) is 24.9 Å². The molecule has 0 atom stereocenters. The maximum Gasteiger partial charge on any atom is 0.419 e. The van der Waals surface area contributed by atoms with Crippen molar-refractivity contribution in [3.05, 3.63) is 35.1 Å². The van der Waals surface area contributed by atoms with Gasteiger partial charge in [-0.05, 0) is 43.0 Å². The third-order valence-electron chi connectivity index (χ3n) is 2.59. The minimum Gasteiger partial charge on any atom is -0.352 e. The van der Waals surface area contributed by atoms with Crippen LogP contribution in [0.5, 0.6) is 0 Å². The molecule has 0 aliphatic heterocycles. The first-order valence-corrected chi connectivity index (χ1v) is 7.39. The van der Waals surface area contributed by atoms with Gasteiger partial charge in [-0.3, -0.25) is 4.79 Å². The Bertz CT molecular complexity index is 462. The zero-order valence-electron chi connectivity index (χ0n) is 10.9. The van der Waals surface area contributed by atoms with Crippen LogP contribution in [0.4, 0.5) is 17.6 Å². The van der Waals surface area contributed by atoms with E-state index in [9.17, 15) is 22.4 Å². The number of benzene rings is 1. The monoisotopic (exact) mass is 309 g/mol. The number of rotatable bonds is 6. The third-order valence-corrected chi connectivity index (χ3v) is 3.29. The van der Waals surface area contributed by atoms with Crippen molar-refractivity contribution in [1.29, 1.82) is 0 Å². The second kappa shape index (κ2) is 7.52. The van der Waals surface area contributed by atoms with Gasteiger partial charge in [0.2, 0.25) is 0 Å². The average Bonchev–Trinajstić information content (AvgIpc) is 2.37. The van der Waals surface area contributed by atoms with E-state index in [0.29, 0.717) is 18.7 Å². The summed E-state index contributed by atoms with van der Waals surface area (Å²) in [5.74, 6) is -1.04. The van der Waals surface area contributed by atoms with E-state index < -0.39 is 23.5 Å². The first-order valence-electron chi connectivity index (χ1n) is 6.00. The van der Waals surface area contributed by atoms with Crippen LogP contribution in [0.3, 0.4) is 0 Å². The van der Waals surface area contributed by atoms with Crippen molar-refractivity contribution < 1.29 is 22.4 Å². The van der Waals surface area contributed by atoms with Gasteiger partial charge >= 0.3 is 6.18 Å². The predicted octanol–water partition coefficient (Wildman–Crippen LogP) is 3.72. The lowest BCUT2D eigenvalue weighted by molar-refractivity contribution is -0.140. The Morgan fingerprint density at radius 2 is 2.00 bits per heavy atom. The van der Waals surface area contributed by atoms with Crippen molar-refractivity contribution in [1.82, 2.24) is 5.32 Å². The lowest BCUT2D eigenvalue weighted by Crippen LogP contribution is -2.25. The Hall–Kier alpha value is -1.24. The lowest BCUT2D eigenvalue weighted by Gasteiger charge is -2.10. The average molecular weight is 309 g/mol. The van der Waals surface area contributed by atoms with Crippen LogP contribution in [0.1, 0.15) is 28.8 Å². The number of carbonyl (C=O) groups excluding carboxylic acids is 1. The van der Waals surface area contributed by atoms with Crippen LogP contribution in [0.15, 0.2) is 18.2 Å². The van der Waals surface area contributed by atoms with Crippen LogP contribution >= 0.6 is 11.8 Å². The number of hydrogen-bond acceptors (Lipinski definition) is 2. The van der Waals surface area contributed by atoms with Crippen molar-refractivity contribution in [2.24, 2.45) is 0 Å². The Morgan fingerprint density at radius 1 is 1.30 bits per heavy atom. The second-order valence-corrected chi connectivity index (χ2v) is 5.13. The first kappa shape index (κ1) is 16.8. The minimum absolute atomic E-state index is 0.191. The Labute approximate surface area is 118 Å². The highest BCUT2D eigenvalue weighted by Crippen LogP contribution is 2.31. The fraction of sp³-hybridized carbons (Fsp3) is 0.462. The Kier molecular flexibility index (Phi) is 6.32. The molecule has 0 spiro atoms. The highest BCUT2D eigenvalue weighted by atomic mass is 32.2. The maximum absolute atomic E-state index is 13.1. The molecule has 2 nitrogen and oxygen atoms in total. The molecule has 0 fully saturated rings. The standard InChI is InChI=1S/C13H15F4NOS/c1-20-7-3-2-6-18-12(19)9-4-5-11(14)10(8-9)13(15,16)17/h4-5,8H,2-3,6-7H2,1H3,(H,18,19). The molecule has 0 heterocycles. The zero-order valence-corrected chi connectivity index (χ0v) is 11.7. The van der Waals surface area contributed by atoms with Gasteiger partial charge in [0.1, 0.15) is 5.82 Å². The van der Waals surface area contributed by atoms with E-state index >= 15 is 0 Å². The van der Waals surface area contributed by atoms with E-state index in [1.165, 1.54) is 0 Å². The normalized spacial score (nSPS) is 11.4. The Morgan fingerprint density at radius 3 is 2.60 bits per heavy atom. The van der Waals surface area contributed by atoms with E-state index in [1.54, 1.807) is 11.8 Å². The SMILES string of the molecule is CSCCCCNC(=O)c1ccc(F)c(C(F)(F)F)c1. The van der Waals surface area contributed by atoms with Gasteiger partial charge in [0.05, 0.1) is 5.56 Å². The van der Waals surface area contributed by atoms with E-state index in [0.717, 1.165) is 24.7 Å². The summed E-state index contributed by atoms with van der Waals surface area (Å²) < 4.78 is 50.6. The van der Waals surface area contributed by atoms with Gasteiger partial charge in [-0.25, -0.2) is 4.39 Å². The van der Waals surface area contributed by atoms with Gasteiger partial charge < -0.3 is 5.32 Å². The molecular weight excluding hydrogens is 294 g/mol. The van der Waals surface area contributed by atoms with Crippen molar-refractivity contribution in [3.63, 3.8) is 0 Å². The lowest BCUT2D eigenvalue weighted by atomic mass is 10.1. The van der Waals surface area contributed by atoms with Gasteiger partial charge in [-0.15, -0.1) is 0 Å². The van der Waals surface area contributed by atoms with Crippen LogP contribution in [0.25, 0.3) is 0 Å². The number of thioether (sulfide) groups is 1. The summed E-state index contributed by atoms with van der Waals surface area (Å²) in [5.41, 5.74) is -1.61. The molecule has 1 aromatic carbocycles. The van der Waals surface area contributed by atoms with E-state index in [4.69, 9.17) is 0 Å². The smallest absolute Gasteiger partial charge is 0.352 e. The summed E-state index contributed by atoms with van der Waals surface area (Å²) >= 11 is 1.68. The fourth-order valence-corrected chi connectivity index (χ4v) is 2.05. The summed E-state index contributed by atoms with van der Waals surface area (Å²) in [6.45, 7) is 0.387. The number of carbonyl (C=O) groups is 1. The van der Waals surface area contributed by atoms with Crippen molar-refractivity contribution >= 4 is 17.7 Å². The summed E-state index contributed by atoms with van der Waals surface area (Å²) in [5, 5.41) is 2.52. The van der Waals surface area contributed by atoms with Crippen LogP contribution in [0, 0.1) is 5.82 Å². The van der Waals surface area contributed by atoms with Crippen LogP contribution in [0.2, 0.25) is 0 Å². The molecule has 1 aromatic rings. The number of alkyl halides is 3. The molecule has 1 N–H and O–H groups in total. The molecule has 0 aromatic heterocycles. The highest BCUT2D eigenvalue weighted by molar-refractivity contribution is 7.98. The van der Waals surface area contributed by atoms with Crippen LogP contribution < -0.4 is 5.32 Å². The second-order valence-electron chi connectivity index (χ2n) is 4.15. The highest BCUT2D eigenvalue weighted by Gasteiger charge is 2.34. The third kappa shape index (κ3) is 5.03. The largest absolute Gasteiger partial charge is 0.419 e. The van der Waals surface area contributed by atoms with Gasteiger partial charge in [0.15, 0.2) is 0 Å². The summed E-state index contributed by atoms with van der Waals surface area (Å²) in [6.07, 6.45) is -1.17. The molecule has 0 unspecified atom stereocenters. The molecule has 7 heteroatoms. The molecule has 20 heavy (non-hydrogen) atoms. The molecule has 0 aliphatic rings. The summed E-state index contributed by atoms with van der Waals surface area (Å²) in [6, 6.07) is 2.24. The number of unbranched alkanes of at least 4 members (excludes halogenated alkanes) is 1. The van der Waals surface area contributed by atoms with Crippen molar-refractivity contribution in [2.75, 3.05) is 18.6 Å². The van der Waals surface area contributed by atoms with E-state index in [1.807, 2.05) is 6.26 Å². The molecule has 0 bridgehead atoms. The summed E-state index contributed by atoms with van der Waals surface area (Å²) in [4.78, 5) is 11.7. The van der Waals surface area contributed by atoms with Crippen molar-refractivity contribution in [3.8, 4) is 0 Å². The molecular formula is C13H15F4NOS. The molecule has 1 amide bonds. The van der Waals surface area contributed by atoms with Gasteiger partial charge in [-0.1, -0.05) is 0 Å². The first-order chi connectivity index (χ1) is 9.36. The van der Waals surface area contributed by atoms with Crippen LogP contribution in [-0.2, 0) is 6.18 Å². The predicted molar refractivity (Wildman–Crippen MR) is 71.4 cm³/mol. The molecule has 0 radical (unpaired) electrons. The number of hydrogen-bond donors (Lipinski definition) is 1.